The van der Waals surface area contributed by atoms with Crippen LogP contribution in [0.2, 0.25) is 0 Å². The molecule has 0 radical (unpaired) electrons. The second-order valence-electron chi connectivity index (χ2n) is 2.70. The molecule has 1 heterocycles. The van der Waals surface area contributed by atoms with Crippen LogP contribution in [0.5, 0.6) is 0 Å². The van der Waals surface area contributed by atoms with Gasteiger partial charge in [-0.1, -0.05) is 6.92 Å². The van der Waals surface area contributed by atoms with Gasteiger partial charge in [0.2, 0.25) is 0 Å². The maximum Gasteiger partial charge on any atom is 0.308 e. The highest BCUT2D eigenvalue weighted by atomic mass is 16.4. The number of carboxylic acid groups (broad SMARTS) is 1. The normalized spacial score (nSPS) is 32.5. The van der Waals surface area contributed by atoms with Crippen LogP contribution in [0.1, 0.15) is 19.8 Å². The number of hydrogen-bond donors (Lipinski definition) is 2. The van der Waals surface area contributed by atoms with Crippen LogP contribution in [0, 0.1) is 5.92 Å². The minimum atomic E-state index is -0.656. The van der Waals surface area contributed by atoms with Crippen LogP contribution >= 0.6 is 0 Å². The van der Waals surface area contributed by atoms with Crippen LogP contribution in [0.15, 0.2) is 0 Å². The number of nitrogens with one attached hydrogen (secondary N) is 1. The highest BCUT2D eigenvalue weighted by Gasteiger charge is 2.30. The van der Waals surface area contributed by atoms with Crippen LogP contribution in [0.3, 0.4) is 0 Å². The van der Waals surface area contributed by atoms with Crippen LogP contribution in [0.4, 0.5) is 0 Å². The van der Waals surface area contributed by atoms with Crippen LogP contribution in [-0.4, -0.2) is 23.7 Å². The van der Waals surface area contributed by atoms with Crippen LogP contribution in [-0.2, 0) is 4.79 Å². The van der Waals surface area contributed by atoms with E-state index in [0.717, 1.165) is 19.4 Å². The van der Waals surface area contributed by atoms with Gasteiger partial charge in [0.05, 0.1) is 5.92 Å². The summed E-state index contributed by atoms with van der Waals surface area (Å²) in [6.07, 6.45) is 1.70. The molecular weight excluding hydrogens is 130 g/mol. The second-order valence-corrected chi connectivity index (χ2v) is 2.70. The predicted octanol–water partition coefficient (Wildman–Crippen LogP) is 0.459. The standard InChI is InChI=1S/C7H13NO2/c1-2-6-5(7(9)10)3-4-8-6/h5-6,8H,2-4H2,1H3,(H,9,10)/t5-,6-/m0/s1. The second kappa shape index (κ2) is 3.01. The summed E-state index contributed by atoms with van der Waals surface area (Å²) in [6, 6.07) is 0.206. The number of aliphatic carboxylic acids is 1. The van der Waals surface area contributed by atoms with Gasteiger partial charge in [0.25, 0.3) is 0 Å². The average Bonchev–Trinajstić information content (AvgIpc) is 2.33. The molecular formula is C7H13NO2. The third kappa shape index (κ3) is 1.29. The molecule has 1 fully saturated rings. The van der Waals surface area contributed by atoms with Crippen molar-refractivity contribution in [3.05, 3.63) is 0 Å². The topological polar surface area (TPSA) is 49.3 Å². The predicted molar refractivity (Wildman–Crippen MR) is 37.8 cm³/mol. The van der Waals surface area contributed by atoms with Gasteiger partial charge in [-0.2, -0.15) is 0 Å². The van der Waals surface area contributed by atoms with E-state index in [-0.39, 0.29) is 12.0 Å². The maximum atomic E-state index is 10.5. The Bertz CT molecular complexity index is 136. The summed E-state index contributed by atoms with van der Waals surface area (Å²) in [6.45, 7) is 2.87. The molecule has 1 saturated heterocycles. The molecule has 3 heteroatoms. The van der Waals surface area contributed by atoms with Crippen molar-refractivity contribution in [1.82, 2.24) is 5.32 Å². The SMILES string of the molecule is CC[C@@H]1NCC[C@@H]1C(=O)O. The van der Waals surface area contributed by atoms with E-state index in [1.807, 2.05) is 6.92 Å². The number of rotatable bonds is 2. The summed E-state index contributed by atoms with van der Waals surface area (Å²) in [5.74, 6) is -0.804. The van der Waals surface area contributed by atoms with Gasteiger partial charge in [-0.3, -0.25) is 4.79 Å². The van der Waals surface area contributed by atoms with E-state index >= 15 is 0 Å². The zero-order valence-electron chi connectivity index (χ0n) is 6.13. The highest BCUT2D eigenvalue weighted by Crippen LogP contribution is 2.17. The third-order valence-electron chi connectivity index (χ3n) is 2.10. The fourth-order valence-corrected chi connectivity index (χ4v) is 1.49. The van der Waals surface area contributed by atoms with Gasteiger partial charge in [0, 0.05) is 6.04 Å². The summed E-state index contributed by atoms with van der Waals surface area (Å²) in [5, 5.41) is 11.8. The molecule has 0 aromatic rings. The van der Waals surface area contributed by atoms with E-state index in [2.05, 4.69) is 5.32 Å². The van der Waals surface area contributed by atoms with E-state index < -0.39 is 5.97 Å². The first-order valence-corrected chi connectivity index (χ1v) is 3.72. The zero-order chi connectivity index (χ0) is 7.56. The molecule has 0 aliphatic carbocycles. The van der Waals surface area contributed by atoms with Crippen molar-refractivity contribution in [3.63, 3.8) is 0 Å². The summed E-state index contributed by atoms with van der Waals surface area (Å²) in [5.41, 5.74) is 0. The Morgan fingerprint density at radius 2 is 2.50 bits per heavy atom. The van der Waals surface area contributed by atoms with Crippen molar-refractivity contribution in [2.75, 3.05) is 6.54 Å². The molecule has 0 amide bonds. The van der Waals surface area contributed by atoms with Gasteiger partial charge in [0.15, 0.2) is 0 Å². The molecule has 0 bridgehead atoms. The first-order valence-electron chi connectivity index (χ1n) is 3.72. The Morgan fingerprint density at radius 3 is 2.90 bits per heavy atom. The monoisotopic (exact) mass is 143 g/mol. The molecule has 3 nitrogen and oxygen atoms in total. The van der Waals surface area contributed by atoms with E-state index in [0.29, 0.717) is 0 Å². The van der Waals surface area contributed by atoms with Crippen LogP contribution < -0.4 is 5.32 Å². The molecule has 2 atom stereocenters. The molecule has 0 aromatic heterocycles. The van der Waals surface area contributed by atoms with Crippen molar-refractivity contribution in [3.8, 4) is 0 Å². The van der Waals surface area contributed by atoms with Crippen molar-refractivity contribution in [1.29, 1.82) is 0 Å². The van der Waals surface area contributed by atoms with Crippen LogP contribution in [0.25, 0.3) is 0 Å². The largest absolute Gasteiger partial charge is 0.481 e. The van der Waals surface area contributed by atoms with Gasteiger partial charge in [-0.05, 0) is 19.4 Å². The summed E-state index contributed by atoms with van der Waals surface area (Å²) in [4.78, 5) is 10.5. The average molecular weight is 143 g/mol. The Balaban J connectivity index is 2.50. The molecule has 1 aliphatic rings. The van der Waals surface area contributed by atoms with Gasteiger partial charge >= 0.3 is 5.97 Å². The highest BCUT2D eigenvalue weighted by molar-refractivity contribution is 5.71. The zero-order valence-corrected chi connectivity index (χ0v) is 6.13. The first kappa shape index (κ1) is 7.54. The molecule has 58 valence electrons. The fraction of sp³-hybridized carbons (Fsp3) is 0.857. The molecule has 0 aromatic carbocycles. The smallest absolute Gasteiger partial charge is 0.308 e. The fourth-order valence-electron chi connectivity index (χ4n) is 1.49. The number of carbonyl (C=O) groups is 1. The molecule has 10 heavy (non-hydrogen) atoms. The van der Waals surface area contributed by atoms with Crippen molar-refractivity contribution in [2.24, 2.45) is 5.92 Å². The van der Waals surface area contributed by atoms with Crippen molar-refractivity contribution < 1.29 is 9.90 Å². The molecule has 0 saturated carbocycles. The van der Waals surface area contributed by atoms with E-state index in [1.165, 1.54) is 0 Å². The van der Waals surface area contributed by atoms with E-state index in [9.17, 15) is 4.79 Å². The van der Waals surface area contributed by atoms with Gasteiger partial charge in [-0.15, -0.1) is 0 Å². The summed E-state index contributed by atoms with van der Waals surface area (Å²) in [7, 11) is 0. The molecule has 1 rings (SSSR count). The lowest BCUT2D eigenvalue weighted by Crippen LogP contribution is -2.30. The summed E-state index contributed by atoms with van der Waals surface area (Å²) >= 11 is 0. The Labute approximate surface area is 60.4 Å². The lowest BCUT2D eigenvalue weighted by Gasteiger charge is -2.12. The number of carboxylic acids is 1. The van der Waals surface area contributed by atoms with Gasteiger partial charge < -0.3 is 10.4 Å². The Morgan fingerprint density at radius 1 is 1.80 bits per heavy atom. The minimum absolute atomic E-state index is 0.148. The quantitative estimate of drug-likeness (QED) is 0.590. The van der Waals surface area contributed by atoms with E-state index in [4.69, 9.17) is 5.11 Å². The summed E-state index contributed by atoms with van der Waals surface area (Å²) < 4.78 is 0. The number of hydrogen-bond acceptors (Lipinski definition) is 2. The maximum absolute atomic E-state index is 10.5. The van der Waals surface area contributed by atoms with E-state index in [1.54, 1.807) is 0 Å². The molecule has 2 N–H and O–H groups in total. The van der Waals surface area contributed by atoms with Crippen molar-refractivity contribution in [2.45, 2.75) is 25.8 Å². The Hall–Kier alpha value is -0.570. The van der Waals surface area contributed by atoms with Gasteiger partial charge in [-0.25, -0.2) is 0 Å². The van der Waals surface area contributed by atoms with Crippen molar-refractivity contribution >= 4 is 5.97 Å². The first-order chi connectivity index (χ1) is 4.75. The lowest BCUT2D eigenvalue weighted by atomic mass is 9.99. The Kier molecular flexibility index (Phi) is 2.27. The molecule has 0 unspecified atom stereocenters. The van der Waals surface area contributed by atoms with Gasteiger partial charge in [0.1, 0.15) is 0 Å². The lowest BCUT2D eigenvalue weighted by molar-refractivity contribution is -0.142. The third-order valence-corrected chi connectivity index (χ3v) is 2.10. The molecule has 0 spiro atoms. The minimum Gasteiger partial charge on any atom is -0.481 e. The molecule has 1 aliphatic heterocycles.